The van der Waals surface area contributed by atoms with Crippen molar-refractivity contribution in [3.63, 3.8) is 0 Å². The lowest BCUT2D eigenvalue weighted by Crippen LogP contribution is -2.03. The van der Waals surface area contributed by atoms with Gasteiger partial charge in [-0.3, -0.25) is 4.98 Å². The summed E-state index contributed by atoms with van der Waals surface area (Å²) in [6.45, 7) is 0. The lowest BCUT2D eigenvalue weighted by Gasteiger charge is -2.01. The van der Waals surface area contributed by atoms with Crippen LogP contribution in [-0.2, 0) is 11.2 Å². The van der Waals surface area contributed by atoms with Gasteiger partial charge in [-0.15, -0.1) is 0 Å². The molecule has 0 aromatic carbocycles. The summed E-state index contributed by atoms with van der Waals surface area (Å²) >= 11 is 5.85. The first kappa shape index (κ1) is 9.21. The van der Waals surface area contributed by atoms with Crippen LogP contribution in [-0.4, -0.2) is 18.1 Å². The Morgan fingerprint density at radius 2 is 2.43 bits per heavy atom. The fraction of sp³-hybridized carbons (Fsp3) is 0.200. The first-order chi connectivity index (χ1) is 6.70. The number of esters is 1. The average molecular weight is 210 g/mol. The molecule has 1 heterocycles. The van der Waals surface area contributed by atoms with Crippen molar-refractivity contribution in [1.82, 2.24) is 4.98 Å². The molecule has 0 N–H and O–H groups in total. The lowest BCUT2D eigenvalue weighted by atomic mass is 10.2. The van der Waals surface area contributed by atoms with E-state index in [2.05, 4.69) is 9.72 Å². The highest BCUT2D eigenvalue weighted by molar-refractivity contribution is 6.32. The molecule has 0 saturated carbocycles. The number of fused-ring (bicyclic) bond motifs is 1. The van der Waals surface area contributed by atoms with Gasteiger partial charge < -0.3 is 4.74 Å². The number of carbonyl (C=O) groups excluding carboxylic acids is 1. The molecule has 1 aromatic rings. The summed E-state index contributed by atoms with van der Waals surface area (Å²) in [6, 6.07) is 1.74. The summed E-state index contributed by atoms with van der Waals surface area (Å²) in [7, 11) is 1.35. The number of aromatic nitrogens is 1. The maximum Gasteiger partial charge on any atom is 0.339 e. The van der Waals surface area contributed by atoms with Gasteiger partial charge in [-0.1, -0.05) is 11.6 Å². The number of nitrogens with zero attached hydrogens (tertiary/aromatic N) is 1. The van der Waals surface area contributed by atoms with Gasteiger partial charge in [0.25, 0.3) is 0 Å². The molecule has 0 radical (unpaired) electrons. The smallest absolute Gasteiger partial charge is 0.339 e. The van der Waals surface area contributed by atoms with Crippen LogP contribution in [0, 0.1) is 0 Å². The van der Waals surface area contributed by atoms with Gasteiger partial charge in [-0.2, -0.15) is 0 Å². The molecule has 14 heavy (non-hydrogen) atoms. The van der Waals surface area contributed by atoms with E-state index in [-0.39, 0.29) is 5.97 Å². The summed E-state index contributed by atoms with van der Waals surface area (Å²) in [6.07, 6.45) is 3.97. The number of hydrogen-bond acceptors (Lipinski definition) is 3. The number of carbonyl (C=O) groups is 1. The molecular formula is C10H8ClNO2. The van der Waals surface area contributed by atoms with Gasteiger partial charge in [0, 0.05) is 17.6 Å². The Bertz CT molecular complexity index is 426. The zero-order valence-electron chi connectivity index (χ0n) is 7.58. The number of hydrogen-bond donors (Lipinski definition) is 0. The SMILES string of the molecule is COC(=O)c1cnc2c(c1)C=C(Cl)C2. The van der Waals surface area contributed by atoms with Gasteiger partial charge in [0.2, 0.25) is 0 Å². The van der Waals surface area contributed by atoms with E-state index in [9.17, 15) is 4.79 Å². The minimum Gasteiger partial charge on any atom is -0.465 e. The summed E-state index contributed by atoms with van der Waals surface area (Å²) in [4.78, 5) is 15.3. The Morgan fingerprint density at radius 1 is 1.64 bits per heavy atom. The van der Waals surface area contributed by atoms with Crippen molar-refractivity contribution in [3.8, 4) is 0 Å². The van der Waals surface area contributed by atoms with Gasteiger partial charge in [-0.25, -0.2) is 4.79 Å². The largest absolute Gasteiger partial charge is 0.465 e. The Balaban J connectivity index is 2.40. The van der Waals surface area contributed by atoms with E-state index in [0.717, 1.165) is 16.3 Å². The fourth-order valence-corrected chi connectivity index (χ4v) is 1.64. The van der Waals surface area contributed by atoms with E-state index in [0.29, 0.717) is 12.0 Å². The Morgan fingerprint density at radius 3 is 3.14 bits per heavy atom. The van der Waals surface area contributed by atoms with Crippen molar-refractivity contribution in [2.24, 2.45) is 0 Å². The second kappa shape index (κ2) is 3.42. The number of pyridine rings is 1. The van der Waals surface area contributed by atoms with Crippen LogP contribution in [0.3, 0.4) is 0 Å². The lowest BCUT2D eigenvalue weighted by molar-refractivity contribution is 0.0600. The molecule has 0 unspecified atom stereocenters. The standard InChI is InChI=1S/C10H8ClNO2/c1-14-10(13)7-2-6-3-8(11)4-9(6)12-5-7/h2-3,5H,4H2,1H3. The van der Waals surface area contributed by atoms with Crippen LogP contribution in [0.2, 0.25) is 0 Å². The highest BCUT2D eigenvalue weighted by Crippen LogP contribution is 2.26. The number of ether oxygens (including phenoxy) is 1. The molecule has 0 aliphatic heterocycles. The van der Waals surface area contributed by atoms with E-state index < -0.39 is 0 Å². The van der Waals surface area contributed by atoms with Crippen molar-refractivity contribution in [3.05, 3.63) is 34.1 Å². The molecule has 72 valence electrons. The van der Waals surface area contributed by atoms with E-state index in [1.807, 2.05) is 6.08 Å². The molecule has 0 bridgehead atoms. The summed E-state index contributed by atoms with van der Waals surface area (Å²) < 4.78 is 4.59. The first-order valence-corrected chi connectivity index (χ1v) is 4.52. The highest BCUT2D eigenvalue weighted by Gasteiger charge is 2.15. The van der Waals surface area contributed by atoms with Crippen molar-refractivity contribution < 1.29 is 9.53 Å². The summed E-state index contributed by atoms with van der Waals surface area (Å²) in [5.74, 6) is -0.378. The zero-order valence-corrected chi connectivity index (χ0v) is 8.34. The number of methoxy groups -OCH3 is 1. The molecular weight excluding hydrogens is 202 g/mol. The van der Waals surface area contributed by atoms with Crippen LogP contribution in [0.15, 0.2) is 17.3 Å². The van der Waals surface area contributed by atoms with Crippen molar-refractivity contribution >= 4 is 23.6 Å². The molecule has 0 atom stereocenters. The average Bonchev–Trinajstić information content (AvgIpc) is 2.55. The minimum absolute atomic E-state index is 0.378. The normalized spacial score (nSPS) is 13.4. The van der Waals surface area contributed by atoms with Crippen molar-refractivity contribution in [2.75, 3.05) is 7.11 Å². The van der Waals surface area contributed by atoms with E-state index in [4.69, 9.17) is 11.6 Å². The van der Waals surface area contributed by atoms with E-state index >= 15 is 0 Å². The van der Waals surface area contributed by atoms with Crippen LogP contribution >= 0.6 is 11.6 Å². The maximum atomic E-state index is 11.2. The molecule has 1 aliphatic carbocycles. The highest BCUT2D eigenvalue weighted by atomic mass is 35.5. The van der Waals surface area contributed by atoms with Crippen LogP contribution < -0.4 is 0 Å². The van der Waals surface area contributed by atoms with Crippen LogP contribution in [0.4, 0.5) is 0 Å². The van der Waals surface area contributed by atoms with Crippen molar-refractivity contribution in [2.45, 2.75) is 6.42 Å². The Labute approximate surface area is 86.4 Å². The summed E-state index contributed by atoms with van der Waals surface area (Å²) in [5.41, 5.74) is 2.26. The maximum absolute atomic E-state index is 11.2. The molecule has 0 amide bonds. The minimum atomic E-state index is -0.378. The molecule has 2 rings (SSSR count). The second-order valence-corrected chi connectivity index (χ2v) is 3.50. The topological polar surface area (TPSA) is 39.2 Å². The number of allylic oxidation sites excluding steroid dienone is 1. The zero-order chi connectivity index (χ0) is 10.1. The molecule has 0 fully saturated rings. The molecule has 1 aliphatic rings. The molecule has 3 nitrogen and oxygen atoms in total. The molecule has 4 heteroatoms. The predicted octanol–water partition coefficient (Wildman–Crippen LogP) is 2.00. The Hall–Kier alpha value is -1.35. The third-order valence-electron chi connectivity index (χ3n) is 2.07. The van der Waals surface area contributed by atoms with E-state index in [1.54, 1.807) is 6.07 Å². The number of halogens is 1. The van der Waals surface area contributed by atoms with Crippen LogP contribution in [0.1, 0.15) is 21.6 Å². The van der Waals surface area contributed by atoms with Crippen LogP contribution in [0.25, 0.3) is 6.08 Å². The first-order valence-electron chi connectivity index (χ1n) is 4.14. The molecule has 0 saturated heterocycles. The predicted molar refractivity (Wildman–Crippen MR) is 53.1 cm³/mol. The van der Waals surface area contributed by atoms with Gasteiger partial charge in [0.1, 0.15) is 0 Å². The van der Waals surface area contributed by atoms with Gasteiger partial charge in [0.05, 0.1) is 18.4 Å². The third kappa shape index (κ3) is 1.51. The second-order valence-electron chi connectivity index (χ2n) is 3.02. The van der Waals surface area contributed by atoms with Gasteiger partial charge >= 0.3 is 5.97 Å². The number of rotatable bonds is 1. The van der Waals surface area contributed by atoms with Crippen molar-refractivity contribution in [1.29, 1.82) is 0 Å². The summed E-state index contributed by atoms with van der Waals surface area (Å²) in [5, 5.41) is 0.745. The quantitative estimate of drug-likeness (QED) is 0.665. The third-order valence-corrected chi connectivity index (χ3v) is 2.32. The molecule has 0 spiro atoms. The fourth-order valence-electron chi connectivity index (χ4n) is 1.39. The monoisotopic (exact) mass is 209 g/mol. The van der Waals surface area contributed by atoms with E-state index in [1.165, 1.54) is 13.3 Å². The Kier molecular flexibility index (Phi) is 2.25. The van der Waals surface area contributed by atoms with Gasteiger partial charge in [-0.05, 0) is 17.7 Å². The molecule has 1 aromatic heterocycles. The van der Waals surface area contributed by atoms with Crippen LogP contribution in [0.5, 0.6) is 0 Å². The van der Waals surface area contributed by atoms with Gasteiger partial charge in [0.15, 0.2) is 0 Å².